The van der Waals surface area contributed by atoms with E-state index in [1.807, 2.05) is 0 Å². The van der Waals surface area contributed by atoms with Crippen LogP contribution in [0.4, 0.5) is 0 Å². The fraction of sp³-hybridized carbons (Fsp3) is 0.778. The van der Waals surface area contributed by atoms with Crippen LogP contribution in [0.2, 0.25) is 0 Å². The molecule has 0 saturated heterocycles. The molecule has 0 bridgehead atoms. The maximum Gasteiger partial charge on any atom is 0.396 e. The molecule has 0 aromatic rings. The number of carbonyl (C=O) groups excluding carboxylic acids is 2. The molecule has 1 aliphatic carbocycles. The van der Waals surface area contributed by atoms with Crippen molar-refractivity contribution in [3.05, 3.63) is 0 Å². The highest BCUT2D eigenvalue weighted by atomic mass is 16.5. The molecule has 0 aliphatic heterocycles. The molecule has 4 nitrogen and oxygen atoms in total. The summed E-state index contributed by atoms with van der Waals surface area (Å²) in [6, 6.07) is 0. The lowest BCUT2D eigenvalue weighted by atomic mass is 10.3. The third-order valence-electron chi connectivity index (χ3n) is 2.26. The van der Waals surface area contributed by atoms with Gasteiger partial charge in [0.1, 0.15) is 0 Å². The van der Waals surface area contributed by atoms with E-state index in [0.717, 1.165) is 6.42 Å². The summed E-state index contributed by atoms with van der Waals surface area (Å²) in [7, 11) is 0. The van der Waals surface area contributed by atoms with Gasteiger partial charge in [0.25, 0.3) is 0 Å². The van der Waals surface area contributed by atoms with Gasteiger partial charge in [-0.05, 0) is 25.2 Å². The first kappa shape index (κ1) is 10.0. The van der Waals surface area contributed by atoms with E-state index in [9.17, 15) is 9.59 Å². The smallest absolute Gasteiger partial charge is 0.396 e. The zero-order valence-corrected chi connectivity index (χ0v) is 8.00. The van der Waals surface area contributed by atoms with E-state index < -0.39 is 11.9 Å². The van der Waals surface area contributed by atoms with Gasteiger partial charge in [0.05, 0.1) is 6.61 Å². The van der Waals surface area contributed by atoms with Crippen molar-refractivity contribution in [1.29, 1.82) is 0 Å². The molecule has 1 rings (SSSR count). The molecule has 0 aromatic heterocycles. The number of rotatable bonds is 3. The molecule has 2 unspecified atom stereocenters. The Bertz CT molecular complexity index is 215. The highest BCUT2D eigenvalue weighted by Gasteiger charge is 2.33. The molecule has 0 aromatic carbocycles. The molecule has 0 heterocycles. The molecule has 1 aliphatic rings. The first-order valence-corrected chi connectivity index (χ1v) is 4.60. The van der Waals surface area contributed by atoms with Crippen LogP contribution in [-0.4, -0.2) is 25.0 Å². The van der Waals surface area contributed by atoms with E-state index in [1.165, 1.54) is 0 Å². The van der Waals surface area contributed by atoms with Crippen molar-refractivity contribution in [3.8, 4) is 0 Å². The lowest BCUT2D eigenvalue weighted by Crippen LogP contribution is -2.34. The maximum atomic E-state index is 11.0. The summed E-state index contributed by atoms with van der Waals surface area (Å²) in [5, 5.41) is 2.55. The molecule has 1 saturated carbocycles. The van der Waals surface area contributed by atoms with E-state index >= 15 is 0 Å². The number of nitrogens with one attached hydrogen (secondary N) is 1. The Morgan fingerprint density at radius 2 is 2.15 bits per heavy atom. The Hall–Kier alpha value is -1.06. The van der Waals surface area contributed by atoms with Crippen LogP contribution in [0.3, 0.4) is 0 Å². The van der Waals surface area contributed by atoms with Gasteiger partial charge in [0.15, 0.2) is 0 Å². The number of ether oxygens (including phenoxy) is 1. The Labute approximate surface area is 77.6 Å². The van der Waals surface area contributed by atoms with Crippen LogP contribution < -0.4 is 5.32 Å². The van der Waals surface area contributed by atoms with Crippen molar-refractivity contribution in [2.45, 2.75) is 20.3 Å². The molecule has 0 spiro atoms. The summed E-state index contributed by atoms with van der Waals surface area (Å²) in [5.74, 6) is -0.169. The maximum absolute atomic E-state index is 11.0. The van der Waals surface area contributed by atoms with Gasteiger partial charge in [-0.25, -0.2) is 4.79 Å². The fourth-order valence-electron chi connectivity index (χ4n) is 1.18. The molecule has 1 amide bonds. The summed E-state index contributed by atoms with van der Waals surface area (Å²) in [6.07, 6.45) is 1.14. The van der Waals surface area contributed by atoms with Crippen LogP contribution in [0, 0.1) is 11.8 Å². The van der Waals surface area contributed by atoms with Gasteiger partial charge in [0, 0.05) is 6.54 Å². The Kier molecular flexibility index (Phi) is 3.28. The van der Waals surface area contributed by atoms with Crippen LogP contribution in [0.1, 0.15) is 20.3 Å². The standard InChI is InChI=1S/C9H15NO3/c1-3-13-9(12)8(11)10-5-7-4-6(7)2/h6-7H,3-5H2,1-2H3,(H,10,11). The number of carbonyl (C=O) groups is 2. The normalized spacial score (nSPS) is 25.1. The van der Waals surface area contributed by atoms with Gasteiger partial charge in [-0.3, -0.25) is 4.79 Å². The van der Waals surface area contributed by atoms with Crippen LogP contribution in [0.25, 0.3) is 0 Å². The first-order chi connectivity index (χ1) is 6.15. The zero-order chi connectivity index (χ0) is 9.84. The minimum absolute atomic E-state index is 0.242. The van der Waals surface area contributed by atoms with Gasteiger partial charge < -0.3 is 10.1 Å². The summed E-state index contributed by atoms with van der Waals surface area (Å²) in [4.78, 5) is 21.8. The summed E-state index contributed by atoms with van der Waals surface area (Å²) in [6.45, 7) is 4.64. The molecule has 13 heavy (non-hydrogen) atoms. The lowest BCUT2D eigenvalue weighted by molar-refractivity contribution is -0.154. The lowest BCUT2D eigenvalue weighted by Gasteiger charge is -2.02. The third kappa shape index (κ3) is 3.05. The highest BCUT2D eigenvalue weighted by molar-refractivity contribution is 6.32. The number of esters is 1. The molecule has 0 radical (unpaired) electrons. The number of hydrogen-bond donors (Lipinski definition) is 1. The van der Waals surface area contributed by atoms with Gasteiger partial charge in [0.2, 0.25) is 0 Å². The van der Waals surface area contributed by atoms with E-state index in [1.54, 1.807) is 6.92 Å². The van der Waals surface area contributed by atoms with Crippen molar-refractivity contribution in [1.82, 2.24) is 5.32 Å². The SMILES string of the molecule is CCOC(=O)C(=O)NCC1CC1C. The van der Waals surface area contributed by atoms with Gasteiger partial charge in [-0.2, -0.15) is 0 Å². The Morgan fingerprint density at radius 1 is 1.54 bits per heavy atom. The molecular weight excluding hydrogens is 170 g/mol. The van der Waals surface area contributed by atoms with Crippen molar-refractivity contribution >= 4 is 11.9 Å². The first-order valence-electron chi connectivity index (χ1n) is 4.60. The van der Waals surface area contributed by atoms with Crippen LogP contribution in [0.15, 0.2) is 0 Å². The molecule has 74 valence electrons. The minimum Gasteiger partial charge on any atom is -0.459 e. The van der Waals surface area contributed by atoms with Crippen LogP contribution in [0.5, 0.6) is 0 Å². The summed E-state index contributed by atoms with van der Waals surface area (Å²) >= 11 is 0. The quantitative estimate of drug-likeness (QED) is 0.509. The minimum atomic E-state index is -0.782. The topological polar surface area (TPSA) is 55.4 Å². The molecule has 2 atom stereocenters. The fourth-order valence-corrected chi connectivity index (χ4v) is 1.18. The van der Waals surface area contributed by atoms with Crippen molar-refractivity contribution < 1.29 is 14.3 Å². The monoisotopic (exact) mass is 185 g/mol. The van der Waals surface area contributed by atoms with Crippen LogP contribution >= 0.6 is 0 Å². The predicted molar refractivity (Wildman–Crippen MR) is 46.9 cm³/mol. The zero-order valence-electron chi connectivity index (χ0n) is 8.00. The number of hydrogen-bond acceptors (Lipinski definition) is 3. The second kappa shape index (κ2) is 4.25. The Balaban J connectivity index is 2.13. The summed E-state index contributed by atoms with van der Waals surface area (Å²) < 4.78 is 4.53. The molecule has 1 N–H and O–H groups in total. The summed E-state index contributed by atoms with van der Waals surface area (Å²) in [5.41, 5.74) is 0. The third-order valence-corrected chi connectivity index (χ3v) is 2.26. The van der Waals surface area contributed by atoms with Gasteiger partial charge in [-0.15, -0.1) is 0 Å². The van der Waals surface area contributed by atoms with E-state index in [-0.39, 0.29) is 6.61 Å². The second-order valence-electron chi connectivity index (χ2n) is 3.40. The molecule has 1 fully saturated rings. The van der Waals surface area contributed by atoms with E-state index in [4.69, 9.17) is 0 Å². The van der Waals surface area contributed by atoms with Gasteiger partial charge in [-0.1, -0.05) is 6.92 Å². The molecular formula is C9H15NO3. The highest BCUT2D eigenvalue weighted by Crippen LogP contribution is 2.36. The van der Waals surface area contributed by atoms with Crippen molar-refractivity contribution in [2.24, 2.45) is 11.8 Å². The average Bonchev–Trinajstić information content (AvgIpc) is 2.78. The largest absolute Gasteiger partial charge is 0.459 e. The number of amides is 1. The predicted octanol–water partition coefficient (Wildman–Crippen LogP) is 0.322. The van der Waals surface area contributed by atoms with E-state index in [2.05, 4.69) is 17.0 Å². The van der Waals surface area contributed by atoms with Gasteiger partial charge >= 0.3 is 11.9 Å². The van der Waals surface area contributed by atoms with Crippen molar-refractivity contribution in [3.63, 3.8) is 0 Å². The van der Waals surface area contributed by atoms with Crippen LogP contribution in [-0.2, 0) is 14.3 Å². The Morgan fingerprint density at radius 3 is 2.62 bits per heavy atom. The second-order valence-corrected chi connectivity index (χ2v) is 3.40. The molecule has 4 heteroatoms. The van der Waals surface area contributed by atoms with E-state index in [0.29, 0.717) is 18.4 Å². The van der Waals surface area contributed by atoms with Crippen molar-refractivity contribution in [2.75, 3.05) is 13.2 Å². The average molecular weight is 185 g/mol.